The quantitative estimate of drug-likeness (QED) is 0.360. The maximum absolute atomic E-state index is 12.8. The number of nitrogens with zero attached hydrogens (tertiary/aromatic N) is 1. The minimum absolute atomic E-state index is 0.148. The molecule has 1 fully saturated rings. The number of nitro groups is 1. The molecule has 8 heteroatoms. The lowest BCUT2D eigenvalue weighted by Crippen LogP contribution is -2.71. The van der Waals surface area contributed by atoms with Crippen LogP contribution in [0.3, 0.4) is 0 Å². The number of hydrogen-bond acceptors (Lipinski definition) is 5. The molecular formula is C21H28N2O6. The van der Waals surface area contributed by atoms with Crippen LogP contribution in [0.4, 0.5) is 5.69 Å². The first-order chi connectivity index (χ1) is 13.5. The molecule has 1 aromatic rings. The lowest BCUT2D eigenvalue weighted by molar-refractivity contribution is -0.385. The zero-order chi connectivity index (χ0) is 22.1. The number of carboxylic acid groups (broad SMARTS) is 2. The minimum atomic E-state index is -1.57. The number of nitrogens with one attached hydrogen (secondary N) is 1. The molecule has 0 aliphatic carbocycles. The van der Waals surface area contributed by atoms with Crippen molar-refractivity contribution in [3.63, 3.8) is 0 Å². The maximum atomic E-state index is 12.8. The molecular weight excluding hydrogens is 376 g/mol. The Hall–Kier alpha value is -2.74. The summed E-state index contributed by atoms with van der Waals surface area (Å²) in [4.78, 5) is 36.3. The molecule has 0 amide bonds. The summed E-state index contributed by atoms with van der Waals surface area (Å²) < 4.78 is 0. The van der Waals surface area contributed by atoms with Crippen LogP contribution in [0.1, 0.15) is 45.6 Å². The van der Waals surface area contributed by atoms with E-state index < -0.39 is 51.6 Å². The maximum Gasteiger partial charge on any atom is 0.312 e. The summed E-state index contributed by atoms with van der Waals surface area (Å²) in [6.07, 6.45) is 1.66. The largest absolute Gasteiger partial charge is 0.481 e. The van der Waals surface area contributed by atoms with E-state index in [0.717, 1.165) is 0 Å². The van der Waals surface area contributed by atoms with E-state index in [1.807, 2.05) is 0 Å². The Kier molecular flexibility index (Phi) is 6.18. The van der Waals surface area contributed by atoms with Gasteiger partial charge in [0.05, 0.1) is 15.8 Å². The lowest BCUT2D eigenvalue weighted by Gasteiger charge is -2.58. The van der Waals surface area contributed by atoms with Crippen molar-refractivity contribution < 1.29 is 24.7 Å². The molecule has 1 aliphatic rings. The van der Waals surface area contributed by atoms with Gasteiger partial charge in [0.25, 0.3) is 5.69 Å². The monoisotopic (exact) mass is 404 g/mol. The summed E-state index contributed by atoms with van der Waals surface area (Å²) in [7, 11) is 0. The van der Waals surface area contributed by atoms with E-state index >= 15 is 0 Å². The van der Waals surface area contributed by atoms with Crippen LogP contribution in [-0.2, 0) is 9.59 Å². The van der Waals surface area contributed by atoms with Gasteiger partial charge in [-0.15, -0.1) is 6.58 Å². The van der Waals surface area contributed by atoms with Crippen LogP contribution in [0.25, 0.3) is 0 Å². The molecule has 3 N–H and O–H groups in total. The first-order valence-electron chi connectivity index (χ1n) is 9.61. The smallest absolute Gasteiger partial charge is 0.312 e. The summed E-state index contributed by atoms with van der Waals surface area (Å²) in [6, 6.07) is 4.50. The summed E-state index contributed by atoms with van der Waals surface area (Å²) in [5.74, 6) is -3.92. The second kappa shape index (κ2) is 7.94. The molecule has 0 radical (unpaired) electrons. The molecule has 158 valence electrons. The molecule has 29 heavy (non-hydrogen) atoms. The van der Waals surface area contributed by atoms with Crippen LogP contribution in [-0.4, -0.2) is 39.2 Å². The topological polar surface area (TPSA) is 130 Å². The third-order valence-electron chi connectivity index (χ3n) is 6.86. The predicted molar refractivity (Wildman–Crippen MR) is 108 cm³/mol. The van der Waals surface area contributed by atoms with Crippen molar-refractivity contribution in [1.82, 2.24) is 5.32 Å². The van der Waals surface area contributed by atoms with Crippen LogP contribution in [0.15, 0.2) is 36.9 Å². The first kappa shape index (κ1) is 22.5. The molecule has 1 heterocycles. The highest BCUT2D eigenvalue weighted by Gasteiger charge is 2.67. The van der Waals surface area contributed by atoms with Crippen molar-refractivity contribution in [2.45, 2.75) is 52.1 Å². The van der Waals surface area contributed by atoms with Gasteiger partial charge in [0.1, 0.15) is 0 Å². The van der Waals surface area contributed by atoms with Gasteiger partial charge >= 0.3 is 11.9 Å². The van der Waals surface area contributed by atoms with Gasteiger partial charge in [-0.2, -0.15) is 0 Å². The molecule has 6 atom stereocenters. The Morgan fingerprint density at radius 1 is 1.31 bits per heavy atom. The third-order valence-corrected chi connectivity index (χ3v) is 6.86. The van der Waals surface area contributed by atoms with Gasteiger partial charge in [-0.05, 0) is 31.7 Å². The van der Waals surface area contributed by atoms with E-state index in [1.54, 1.807) is 33.8 Å². The Bertz CT molecular complexity index is 840. The minimum Gasteiger partial charge on any atom is -0.481 e. The van der Waals surface area contributed by atoms with Gasteiger partial charge in [-0.25, -0.2) is 0 Å². The molecule has 0 bridgehead atoms. The number of hydrogen-bond donors (Lipinski definition) is 3. The van der Waals surface area contributed by atoms with Crippen molar-refractivity contribution >= 4 is 17.6 Å². The van der Waals surface area contributed by atoms with E-state index in [1.165, 1.54) is 24.3 Å². The van der Waals surface area contributed by atoms with Gasteiger partial charge in [-0.1, -0.05) is 32.1 Å². The van der Waals surface area contributed by atoms with E-state index in [4.69, 9.17) is 0 Å². The van der Waals surface area contributed by atoms with Gasteiger partial charge in [0.2, 0.25) is 0 Å². The van der Waals surface area contributed by atoms with Crippen molar-refractivity contribution in [3.8, 4) is 0 Å². The summed E-state index contributed by atoms with van der Waals surface area (Å²) in [5, 5.41) is 35.3. The van der Waals surface area contributed by atoms with Crippen molar-refractivity contribution in [2.24, 2.45) is 16.7 Å². The van der Waals surface area contributed by atoms with Gasteiger partial charge < -0.3 is 15.5 Å². The first-order valence-corrected chi connectivity index (χ1v) is 9.61. The van der Waals surface area contributed by atoms with Gasteiger partial charge in [0.15, 0.2) is 0 Å². The second-order valence-electron chi connectivity index (χ2n) is 7.86. The average Bonchev–Trinajstić information content (AvgIpc) is 2.66. The number of benzene rings is 1. The van der Waals surface area contributed by atoms with E-state index in [-0.39, 0.29) is 12.1 Å². The number of allylic oxidation sites excluding steroid dienone is 1. The zero-order valence-electron chi connectivity index (χ0n) is 17.1. The Balaban J connectivity index is 2.99. The lowest BCUT2D eigenvalue weighted by atomic mass is 9.47. The fraction of sp³-hybridized carbons (Fsp3) is 0.524. The highest BCUT2D eigenvalue weighted by molar-refractivity contribution is 5.84. The Morgan fingerprint density at radius 2 is 1.93 bits per heavy atom. The number of aliphatic carboxylic acids is 2. The third kappa shape index (κ3) is 3.11. The van der Waals surface area contributed by atoms with Gasteiger partial charge in [-0.3, -0.25) is 19.7 Å². The number of carboxylic acids is 2. The van der Waals surface area contributed by atoms with Crippen LogP contribution < -0.4 is 5.32 Å². The fourth-order valence-corrected chi connectivity index (χ4v) is 5.30. The number of carbonyl (C=O) groups is 2. The molecule has 1 aliphatic heterocycles. The molecule has 1 saturated heterocycles. The van der Waals surface area contributed by atoms with Crippen molar-refractivity contribution in [1.29, 1.82) is 0 Å². The summed E-state index contributed by atoms with van der Waals surface area (Å²) >= 11 is 0. The highest BCUT2D eigenvalue weighted by Crippen LogP contribution is 2.60. The predicted octanol–water partition coefficient (Wildman–Crippen LogP) is 3.43. The highest BCUT2D eigenvalue weighted by atomic mass is 16.6. The Labute approximate surface area is 169 Å². The zero-order valence-corrected chi connectivity index (χ0v) is 17.1. The molecule has 1 aromatic carbocycles. The van der Waals surface area contributed by atoms with E-state index in [9.17, 15) is 29.9 Å². The molecule has 2 rings (SSSR count). The van der Waals surface area contributed by atoms with Crippen LogP contribution in [0, 0.1) is 26.9 Å². The van der Waals surface area contributed by atoms with Crippen molar-refractivity contribution in [2.75, 3.05) is 0 Å². The molecule has 0 aromatic heterocycles. The number of piperidine rings is 1. The van der Waals surface area contributed by atoms with E-state index in [0.29, 0.717) is 5.56 Å². The van der Waals surface area contributed by atoms with Crippen LogP contribution in [0.2, 0.25) is 0 Å². The van der Waals surface area contributed by atoms with Crippen molar-refractivity contribution in [3.05, 3.63) is 52.6 Å². The van der Waals surface area contributed by atoms with Crippen LogP contribution >= 0.6 is 0 Å². The van der Waals surface area contributed by atoms with E-state index in [2.05, 4.69) is 11.9 Å². The number of rotatable bonds is 7. The summed E-state index contributed by atoms with van der Waals surface area (Å²) in [6.45, 7) is 10.6. The number of nitro benzene ring substituents is 1. The second-order valence-corrected chi connectivity index (χ2v) is 7.86. The summed E-state index contributed by atoms with van der Waals surface area (Å²) in [5.41, 5.74) is -2.93. The number of non-ortho nitro benzene ring substituents is 1. The molecule has 0 spiro atoms. The average molecular weight is 404 g/mol. The molecule has 0 saturated carbocycles. The standard InChI is InChI=1S/C21H28N2O6/c1-6-12(3)21(19(26)27)14(5)22-13(4)20(7-2,18(24)25)17(21)15-9-8-10-16(11-15)23(28)29/h6,8-14,17,22H,1,7H2,2-5H3,(H,24,25)(H,26,27). The molecule has 6 unspecified atom stereocenters. The fourth-order valence-electron chi connectivity index (χ4n) is 5.30. The Morgan fingerprint density at radius 3 is 2.38 bits per heavy atom. The molecule has 8 nitrogen and oxygen atoms in total. The van der Waals surface area contributed by atoms with Crippen LogP contribution in [0.5, 0.6) is 0 Å². The SMILES string of the molecule is C=CC(C)C1(C(=O)O)C(C)NC(C)C(CC)(C(=O)O)C1c1cccc([N+](=O)[O-])c1. The normalized spacial score (nSPS) is 32.9. The van der Waals surface area contributed by atoms with Gasteiger partial charge in [0, 0.05) is 30.1 Å².